The van der Waals surface area contributed by atoms with E-state index < -0.39 is 34.1 Å². The number of sulfonamides is 1. The van der Waals surface area contributed by atoms with Crippen molar-refractivity contribution < 1.29 is 22.7 Å². The normalized spacial score (nSPS) is 12.4. The number of nitrogens with one attached hydrogen (secondary N) is 1. The minimum atomic E-state index is -3.98. The molecule has 1 N–H and O–H groups in total. The molecule has 0 saturated heterocycles. The molecule has 0 aliphatic carbocycles. The number of methoxy groups -OCH3 is 1. The second kappa shape index (κ2) is 13.6. The van der Waals surface area contributed by atoms with E-state index in [1.807, 2.05) is 51.1 Å². The summed E-state index contributed by atoms with van der Waals surface area (Å²) in [5.74, 6) is -0.726. The van der Waals surface area contributed by atoms with Crippen molar-refractivity contribution in [3.05, 3.63) is 94.0 Å². The minimum absolute atomic E-state index is 0.0371. The van der Waals surface area contributed by atoms with E-state index in [-0.39, 0.29) is 35.3 Å². The number of halogens is 2. The van der Waals surface area contributed by atoms with Crippen LogP contribution in [0.4, 0.5) is 5.69 Å². The Kier molecular flexibility index (Phi) is 10.7. The molecule has 0 aliphatic heterocycles. The number of ether oxygens (including phenoxy) is 1. The van der Waals surface area contributed by atoms with Gasteiger partial charge in [0.1, 0.15) is 18.3 Å². The van der Waals surface area contributed by atoms with Crippen molar-refractivity contribution in [2.24, 2.45) is 0 Å². The van der Waals surface area contributed by atoms with Crippen molar-refractivity contribution in [1.29, 1.82) is 0 Å². The summed E-state index contributed by atoms with van der Waals surface area (Å²) in [6, 6.07) is 19.8. The second-order valence-corrected chi connectivity index (χ2v) is 13.5. The number of benzene rings is 3. The molecular formula is C30H35Cl2N3O5S. The quantitative estimate of drug-likeness (QED) is 0.313. The van der Waals surface area contributed by atoms with Crippen LogP contribution in [0.25, 0.3) is 0 Å². The largest absolute Gasteiger partial charge is 0.495 e. The van der Waals surface area contributed by atoms with E-state index in [0.29, 0.717) is 5.02 Å². The predicted molar refractivity (Wildman–Crippen MR) is 164 cm³/mol. The molecule has 0 unspecified atom stereocenters. The number of anilines is 1. The maximum Gasteiger partial charge on any atom is 0.244 e. The lowest BCUT2D eigenvalue weighted by Crippen LogP contribution is -2.56. The number of hydrogen-bond donors (Lipinski definition) is 1. The molecule has 3 rings (SSSR count). The zero-order valence-corrected chi connectivity index (χ0v) is 26.1. The average molecular weight is 621 g/mol. The highest BCUT2D eigenvalue weighted by Crippen LogP contribution is 2.33. The predicted octanol–water partition coefficient (Wildman–Crippen LogP) is 5.32. The lowest BCUT2D eigenvalue weighted by molar-refractivity contribution is -0.140. The second-order valence-electron chi connectivity index (χ2n) is 10.7. The fourth-order valence-electron chi connectivity index (χ4n) is 4.25. The van der Waals surface area contributed by atoms with Gasteiger partial charge >= 0.3 is 0 Å². The number of amides is 2. The van der Waals surface area contributed by atoms with E-state index >= 15 is 0 Å². The van der Waals surface area contributed by atoms with Crippen LogP contribution in [0.15, 0.2) is 72.8 Å². The summed E-state index contributed by atoms with van der Waals surface area (Å²) in [6.07, 6.45) is 1.21. The van der Waals surface area contributed by atoms with Crippen LogP contribution < -0.4 is 14.4 Å². The Morgan fingerprint density at radius 1 is 0.927 bits per heavy atom. The van der Waals surface area contributed by atoms with E-state index in [4.69, 9.17) is 27.9 Å². The first-order valence-corrected chi connectivity index (χ1v) is 15.5. The molecular weight excluding hydrogens is 585 g/mol. The monoisotopic (exact) mass is 619 g/mol. The smallest absolute Gasteiger partial charge is 0.244 e. The van der Waals surface area contributed by atoms with E-state index in [2.05, 4.69) is 5.32 Å². The third-order valence-corrected chi connectivity index (χ3v) is 7.74. The molecule has 2 amide bonds. The van der Waals surface area contributed by atoms with Crippen molar-refractivity contribution in [3.63, 3.8) is 0 Å². The standard InChI is InChI=1S/C30H35Cl2N3O5S/c1-30(2,3)33-29(37)26(17-21-9-7-6-8-10-21)34(19-22-11-13-23(31)14-12-22)28(36)20-35(41(5,38)39)25-18-24(32)15-16-27(25)40-4/h6-16,18,26H,17,19-20H2,1-5H3,(H,33,37)/t26-/m0/s1. The number of carbonyl (C=O) groups excluding carboxylic acids is 2. The average Bonchev–Trinajstić information content (AvgIpc) is 2.89. The Morgan fingerprint density at radius 3 is 2.10 bits per heavy atom. The maximum absolute atomic E-state index is 14.2. The van der Waals surface area contributed by atoms with Gasteiger partial charge in [0.25, 0.3) is 0 Å². The van der Waals surface area contributed by atoms with Crippen molar-refractivity contribution >= 4 is 50.7 Å². The molecule has 41 heavy (non-hydrogen) atoms. The van der Waals surface area contributed by atoms with Crippen LogP contribution in [0, 0.1) is 0 Å². The summed E-state index contributed by atoms with van der Waals surface area (Å²) < 4.78 is 32.3. The van der Waals surface area contributed by atoms with Crippen LogP contribution in [-0.2, 0) is 32.6 Å². The van der Waals surface area contributed by atoms with Crippen LogP contribution in [0.2, 0.25) is 10.0 Å². The molecule has 0 aromatic heterocycles. The fraction of sp³-hybridized carbons (Fsp3) is 0.333. The third kappa shape index (κ3) is 9.38. The number of carbonyl (C=O) groups is 2. The Labute approximate surface area is 252 Å². The summed E-state index contributed by atoms with van der Waals surface area (Å²) in [7, 11) is -2.58. The van der Waals surface area contributed by atoms with Gasteiger partial charge in [0.15, 0.2) is 0 Å². The zero-order chi connectivity index (χ0) is 30.4. The Hall–Kier alpha value is -3.27. The molecule has 0 bridgehead atoms. The lowest BCUT2D eigenvalue weighted by atomic mass is 10.0. The van der Waals surface area contributed by atoms with Gasteiger partial charge in [0.2, 0.25) is 21.8 Å². The van der Waals surface area contributed by atoms with Crippen molar-refractivity contribution in [3.8, 4) is 5.75 Å². The molecule has 220 valence electrons. The third-order valence-electron chi connectivity index (χ3n) is 6.12. The molecule has 3 aromatic rings. The van der Waals surface area contributed by atoms with Crippen LogP contribution in [0.5, 0.6) is 5.75 Å². The highest BCUT2D eigenvalue weighted by molar-refractivity contribution is 7.92. The minimum Gasteiger partial charge on any atom is -0.495 e. The Morgan fingerprint density at radius 2 is 1.54 bits per heavy atom. The first kappa shape index (κ1) is 32.2. The SMILES string of the molecule is COc1ccc(Cl)cc1N(CC(=O)N(Cc1ccc(Cl)cc1)[C@@H](Cc1ccccc1)C(=O)NC(C)(C)C)S(C)(=O)=O. The van der Waals surface area contributed by atoms with Gasteiger partial charge in [0.05, 0.1) is 19.1 Å². The molecule has 0 heterocycles. The van der Waals surface area contributed by atoms with Crippen LogP contribution in [0.3, 0.4) is 0 Å². The summed E-state index contributed by atoms with van der Waals surface area (Å²) in [5.41, 5.74) is 1.09. The first-order chi connectivity index (χ1) is 19.2. The van der Waals surface area contributed by atoms with Gasteiger partial charge in [-0.15, -0.1) is 0 Å². The molecule has 0 fully saturated rings. The lowest BCUT2D eigenvalue weighted by Gasteiger charge is -2.35. The highest BCUT2D eigenvalue weighted by atomic mass is 35.5. The van der Waals surface area contributed by atoms with Gasteiger partial charge in [-0.05, 0) is 62.2 Å². The fourth-order valence-corrected chi connectivity index (χ4v) is 5.38. The van der Waals surface area contributed by atoms with Gasteiger partial charge in [-0.3, -0.25) is 13.9 Å². The topological polar surface area (TPSA) is 96.0 Å². The van der Waals surface area contributed by atoms with Crippen LogP contribution in [-0.4, -0.2) is 56.6 Å². The van der Waals surface area contributed by atoms with E-state index in [9.17, 15) is 18.0 Å². The summed E-state index contributed by atoms with van der Waals surface area (Å²) in [6.45, 7) is 5.01. The summed E-state index contributed by atoms with van der Waals surface area (Å²) >= 11 is 12.3. The molecule has 3 aromatic carbocycles. The molecule has 8 nitrogen and oxygen atoms in total. The van der Waals surface area contributed by atoms with Gasteiger partial charge in [0, 0.05) is 28.5 Å². The van der Waals surface area contributed by atoms with Crippen molar-refractivity contribution in [2.45, 2.75) is 45.3 Å². The van der Waals surface area contributed by atoms with Crippen molar-refractivity contribution in [1.82, 2.24) is 10.2 Å². The van der Waals surface area contributed by atoms with Gasteiger partial charge in [-0.2, -0.15) is 0 Å². The van der Waals surface area contributed by atoms with E-state index in [1.165, 1.54) is 24.1 Å². The molecule has 1 atom stereocenters. The zero-order valence-electron chi connectivity index (χ0n) is 23.7. The van der Waals surface area contributed by atoms with Crippen LogP contribution in [0.1, 0.15) is 31.9 Å². The number of rotatable bonds is 11. The Balaban J connectivity index is 2.11. The Bertz CT molecular complexity index is 1460. The van der Waals surface area contributed by atoms with Crippen molar-refractivity contribution in [2.75, 3.05) is 24.2 Å². The highest BCUT2D eigenvalue weighted by Gasteiger charge is 2.35. The molecule has 0 aliphatic rings. The maximum atomic E-state index is 14.2. The number of hydrogen-bond acceptors (Lipinski definition) is 5. The molecule has 0 radical (unpaired) electrons. The van der Waals surface area contributed by atoms with Gasteiger partial charge in [-0.1, -0.05) is 65.7 Å². The van der Waals surface area contributed by atoms with E-state index in [1.54, 1.807) is 30.3 Å². The van der Waals surface area contributed by atoms with E-state index in [0.717, 1.165) is 21.7 Å². The van der Waals surface area contributed by atoms with Gasteiger partial charge < -0.3 is 15.0 Å². The summed E-state index contributed by atoms with van der Waals surface area (Å²) in [5, 5.41) is 3.78. The summed E-state index contributed by atoms with van der Waals surface area (Å²) in [4.78, 5) is 29.3. The van der Waals surface area contributed by atoms with Crippen LogP contribution >= 0.6 is 23.2 Å². The number of nitrogens with zero attached hydrogens (tertiary/aromatic N) is 2. The molecule has 11 heteroatoms. The molecule has 0 saturated carbocycles. The molecule has 0 spiro atoms. The van der Waals surface area contributed by atoms with Gasteiger partial charge in [-0.25, -0.2) is 8.42 Å². The first-order valence-electron chi connectivity index (χ1n) is 12.9.